The molecule has 2 aliphatic rings. The predicted molar refractivity (Wildman–Crippen MR) is 69.0 cm³/mol. The molecular formula is C12H18N5O2. The van der Waals surface area contributed by atoms with Gasteiger partial charge in [-0.15, -0.1) is 0 Å². The van der Waals surface area contributed by atoms with Crippen LogP contribution in [0.4, 0.5) is 5.82 Å². The number of piperazine rings is 1. The van der Waals surface area contributed by atoms with E-state index in [1.165, 1.54) is 0 Å². The van der Waals surface area contributed by atoms with Crippen molar-refractivity contribution in [3.8, 4) is 0 Å². The molecule has 0 spiro atoms. The highest BCUT2D eigenvalue weighted by Crippen LogP contribution is 2.20. The predicted octanol–water partition coefficient (Wildman–Crippen LogP) is -1.16. The summed E-state index contributed by atoms with van der Waals surface area (Å²) >= 11 is 0. The highest BCUT2D eigenvalue weighted by atomic mass is 16.5. The minimum Gasteiger partial charge on any atom is -0.381 e. The van der Waals surface area contributed by atoms with Gasteiger partial charge in [0.15, 0.2) is 5.69 Å². The third-order valence-corrected chi connectivity index (χ3v) is 3.48. The number of anilines is 1. The van der Waals surface area contributed by atoms with Gasteiger partial charge in [0.25, 0.3) is 5.91 Å². The Bertz CT molecular complexity index is 463. The van der Waals surface area contributed by atoms with Gasteiger partial charge in [0.1, 0.15) is 5.82 Å². The fraction of sp³-hybridized carbons (Fsp3) is 0.667. The summed E-state index contributed by atoms with van der Waals surface area (Å²) in [6.45, 7) is 5.90. The van der Waals surface area contributed by atoms with Crippen molar-refractivity contribution in [2.75, 3.05) is 44.3 Å². The second kappa shape index (κ2) is 5.18. The molecule has 1 aromatic rings. The number of nitrogens with one attached hydrogen (secondary N) is 1. The molecule has 1 aromatic heterocycles. The fourth-order valence-corrected chi connectivity index (χ4v) is 2.36. The highest BCUT2D eigenvalue weighted by Gasteiger charge is 2.24. The van der Waals surface area contributed by atoms with E-state index in [-0.39, 0.29) is 5.69 Å². The molecule has 3 heterocycles. The number of carbonyl (C=O) groups is 1. The molecule has 0 unspecified atom stereocenters. The van der Waals surface area contributed by atoms with Gasteiger partial charge in [-0.2, -0.15) is 5.10 Å². The lowest BCUT2D eigenvalue weighted by Gasteiger charge is -2.31. The number of hydrogen-bond acceptors (Lipinski definition) is 5. The normalized spacial score (nSPS) is 20.3. The van der Waals surface area contributed by atoms with Gasteiger partial charge in [-0.3, -0.25) is 4.79 Å². The van der Waals surface area contributed by atoms with E-state index in [0.29, 0.717) is 5.92 Å². The van der Waals surface area contributed by atoms with Crippen LogP contribution in [0.15, 0.2) is 0 Å². The second-order valence-electron chi connectivity index (χ2n) is 4.98. The molecule has 2 fully saturated rings. The van der Waals surface area contributed by atoms with Gasteiger partial charge in [0.2, 0.25) is 0 Å². The first kappa shape index (κ1) is 12.4. The van der Waals surface area contributed by atoms with Crippen LogP contribution in [0.1, 0.15) is 10.5 Å². The van der Waals surface area contributed by atoms with E-state index in [1.54, 1.807) is 0 Å². The molecule has 2 saturated heterocycles. The first-order chi connectivity index (χ1) is 9.24. The third-order valence-electron chi connectivity index (χ3n) is 3.48. The van der Waals surface area contributed by atoms with Crippen molar-refractivity contribution in [1.82, 2.24) is 15.1 Å². The average Bonchev–Trinajstić information content (AvgIpc) is 2.79. The molecule has 0 aromatic carbocycles. The molecule has 1 amide bonds. The Labute approximate surface area is 111 Å². The van der Waals surface area contributed by atoms with Gasteiger partial charge >= 0.3 is 0 Å². The highest BCUT2D eigenvalue weighted by molar-refractivity contribution is 5.91. The van der Waals surface area contributed by atoms with Crippen molar-refractivity contribution in [2.45, 2.75) is 6.54 Å². The Balaban J connectivity index is 1.83. The molecule has 7 heteroatoms. The van der Waals surface area contributed by atoms with Crippen LogP contribution in [0.25, 0.3) is 0 Å². The lowest BCUT2D eigenvalue weighted by Crippen LogP contribution is -2.44. The standard InChI is InChI=1S/C12H18N5O2/c13-12(18)10-5-11(16-3-1-14-2-4-16)17(15-10)6-9-7-19-8-9/h9,14H,1-4,6-8H2,(H2,13,18). The molecule has 0 aliphatic carbocycles. The Hall–Kier alpha value is -1.60. The van der Waals surface area contributed by atoms with Crippen LogP contribution in [0.5, 0.6) is 0 Å². The van der Waals surface area contributed by atoms with E-state index in [2.05, 4.69) is 21.4 Å². The molecule has 0 atom stereocenters. The quantitative estimate of drug-likeness (QED) is 0.716. The monoisotopic (exact) mass is 264 g/mol. The number of carbonyl (C=O) groups excluding carboxylic acids is 1. The summed E-state index contributed by atoms with van der Waals surface area (Å²) in [6, 6.07) is 3.04. The van der Waals surface area contributed by atoms with Crippen LogP contribution in [0.2, 0.25) is 0 Å². The van der Waals surface area contributed by atoms with E-state index < -0.39 is 5.91 Å². The number of aromatic nitrogens is 2. The zero-order valence-corrected chi connectivity index (χ0v) is 10.8. The smallest absolute Gasteiger partial charge is 0.269 e. The molecule has 7 nitrogen and oxygen atoms in total. The van der Waals surface area contributed by atoms with Crippen LogP contribution >= 0.6 is 0 Å². The zero-order valence-electron chi connectivity index (χ0n) is 10.8. The number of amides is 1. The average molecular weight is 264 g/mol. The largest absolute Gasteiger partial charge is 0.381 e. The van der Waals surface area contributed by atoms with Crippen LogP contribution in [0, 0.1) is 12.0 Å². The van der Waals surface area contributed by atoms with Crippen LogP contribution < -0.4 is 16.0 Å². The third kappa shape index (κ3) is 2.57. The summed E-state index contributed by atoms with van der Waals surface area (Å²) in [5.41, 5.74) is 5.52. The maximum Gasteiger partial charge on any atom is 0.269 e. The molecule has 3 N–H and O–H groups in total. The molecule has 3 rings (SSSR count). The van der Waals surface area contributed by atoms with E-state index in [1.807, 2.05) is 4.68 Å². The lowest BCUT2D eigenvalue weighted by atomic mass is 10.1. The van der Waals surface area contributed by atoms with Gasteiger partial charge < -0.3 is 20.7 Å². The van der Waals surface area contributed by atoms with E-state index in [0.717, 1.165) is 51.8 Å². The second-order valence-corrected chi connectivity index (χ2v) is 4.98. The van der Waals surface area contributed by atoms with E-state index in [9.17, 15) is 4.79 Å². The number of primary amides is 1. The Kier molecular flexibility index (Phi) is 3.39. The van der Waals surface area contributed by atoms with Gasteiger partial charge in [0.05, 0.1) is 25.8 Å². The number of ether oxygens (including phenoxy) is 1. The topological polar surface area (TPSA) is 85.4 Å². The van der Waals surface area contributed by atoms with Crippen molar-refractivity contribution >= 4 is 11.7 Å². The maximum absolute atomic E-state index is 11.3. The summed E-state index contributed by atoms with van der Waals surface area (Å²) in [7, 11) is 0. The van der Waals surface area contributed by atoms with Crippen LogP contribution in [-0.4, -0.2) is 55.1 Å². The summed E-state index contributed by atoms with van der Waals surface area (Å²) in [5.74, 6) is 0.804. The summed E-state index contributed by atoms with van der Waals surface area (Å²) < 4.78 is 7.03. The van der Waals surface area contributed by atoms with Gasteiger partial charge in [-0.1, -0.05) is 0 Å². The summed E-state index contributed by atoms with van der Waals surface area (Å²) in [5, 5.41) is 7.58. The fourth-order valence-electron chi connectivity index (χ4n) is 2.36. The van der Waals surface area contributed by atoms with E-state index >= 15 is 0 Å². The molecular weight excluding hydrogens is 246 g/mol. The zero-order chi connectivity index (χ0) is 13.2. The Morgan fingerprint density at radius 1 is 1.47 bits per heavy atom. The first-order valence-corrected chi connectivity index (χ1v) is 6.57. The molecule has 0 bridgehead atoms. The SMILES string of the molecule is NC(=O)c1[c]c(N2CCNCC2)n(CC2COC2)n1. The Morgan fingerprint density at radius 3 is 2.79 bits per heavy atom. The first-order valence-electron chi connectivity index (χ1n) is 6.57. The van der Waals surface area contributed by atoms with Crippen molar-refractivity contribution in [3.63, 3.8) is 0 Å². The lowest BCUT2D eigenvalue weighted by molar-refractivity contribution is -0.0407. The minimum absolute atomic E-state index is 0.216. The van der Waals surface area contributed by atoms with Gasteiger partial charge in [-0.05, 0) is 0 Å². The Morgan fingerprint density at radius 2 is 2.21 bits per heavy atom. The van der Waals surface area contributed by atoms with Crippen molar-refractivity contribution in [3.05, 3.63) is 11.8 Å². The molecule has 1 radical (unpaired) electrons. The molecule has 0 saturated carbocycles. The van der Waals surface area contributed by atoms with Crippen LogP contribution in [-0.2, 0) is 11.3 Å². The number of nitrogens with zero attached hydrogens (tertiary/aromatic N) is 3. The number of nitrogens with two attached hydrogens (primary N) is 1. The van der Waals surface area contributed by atoms with Gasteiger partial charge in [-0.25, -0.2) is 4.68 Å². The summed E-state index contributed by atoms with van der Waals surface area (Å²) in [6.07, 6.45) is 0. The number of hydrogen-bond donors (Lipinski definition) is 2. The molecule has 19 heavy (non-hydrogen) atoms. The maximum atomic E-state index is 11.3. The molecule has 103 valence electrons. The van der Waals surface area contributed by atoms with Crippen molar-refractivity contribution in [2.24, 2.45) is 11.7 Å². The van der Waals surface area contributed by atoms with Crippen molar-refractivity contribution < 1.29 is 9.53 Å². The van der Waals surface area contributed by atoms with Crippen LogP contribution in [0.3, 0.4) is 0 Å². The van der Waals surface area contributed by atoms with Gasteiger partial charge in [0, 0.05) is 32.1 Å². The summed E-state index contributed by atoms with van der Waals surface area (Å²) in [4.78, 5) is 13.5. The van der Waals surface area contributed by atoms with Crippen molar-refractivity contribution in [1.29, 1.82) is 0 Å². The number of rotatable bonds is 4. The molecule has 2 aliphatic heterocycles. The van der Waals surface area contributed by atoms with E-state index in [4.69, 9.17) is 10.5 Å². The minimum atomic E-state index is -0.528.